The summed E-state index contributed by atoms with van der Waals surface area (Å²) in [6.07, 6.45) is 3.00. The lowest BCUT2D eigenvalue weighted by Gasteiger charge is -2.11. The number of rotatable bonds is 4. The van der Waals surface area contributed by atoms with Gasteiger partial charge in [0.05, 0.1) is 10.6 Å². The van der Waals surface area contributed by atoms with Gasteiger partial charge in [-0.25, -0.2) is 8.78 Å². The van der Waals surface area contributed by atoms with E-state index in [9.17, 15) is 13.6 Å². The summed E-state index contributed by atoms with van der Waals surface area (Å²) in [7, 11) is 0. The van der Waals surface area contributed by atoms with Crippen molar-refractivity contribution < 1.29 is 13.6 Å². The topological polar surface area (TPSA) is 41.1 Å². The Kier molecular flexibility index (Phi) is 6.65. The van der Waals surface area contributed by atoms with Crippen LogP contribution in [0.4, 0.5) is 8.78 Å². The third-order valence-electron chi connectivity index (χ3n) is 3.20. The molecule has 2 N–H and O–H groups in total. The smallest absolute Gasteiger partial charge is 0.254 e. The van der Waals surface area contributed by atoms with E-state index in [1.807, 2.05) is 0 Å². The van der Waals surface area contributed by atoms with Gasteiger partial charge in [0.15, 0.2) is 0 Å². The fourth-order valence-electron chi connectivity index (χ4n) is 2.15. The molecule has 7 heteroatoms. The second kappa shape index (κ2) is 7.76. The zero-order valence-corrected chi connectivity index (χ0v) is 12.3. The minimum absolute atomic E-state index is 0. The Hall–Kier alpha value is -0.910. The molecule has 0 unspecified atom stereocenters. The van der Waals surface area contributed by atoms with Gasteiger partial charge in [-0.3, -0.25) is 4.79 Å². The molecule has 1 aliphatic heterocycles. The van der Waals surface area contributed by atoms with Crippen LogP contribution < -0.4 is 10.6 Å². The SMILES string of the molecule is Cl.O=C(NCC[C@H]1CCCN1)c1cc(F)c(Cl)cc1F. The lowest BCUT2D eigenvalue weighted by molar-refractivity contribution is 0.0948. The summed E-state index contributed by atoms with van der Waals surface area (Å²) in [4.78, 5) is 11.7. The summed E-state index contributed by atoms with van der Waals surface area (Å²) in [6, 6.07) is 2.03. The molecule has 1 aliphatic rings. The number of carbonyl (C=O) groups excluding carboxylic acids is 1. The number of nitrogens with one attached hydrogen (secondary N) is 2. The molecule has 1 saturated heterocycles. The Balaban J connectivity index is 0.00000200. The maximum Gasteiger partial charge on any atom is 0.254 e. The van der Waals surface area contributed by atoms with Crippen molar-refractivity contribution in [3.05, 3.63) is 34.4 Å². The van der Waals surface area contributed by atoms with Gasteiger partial charge in [-0.05, 0) is 37.9 Å². The number of halogens is 4. The van der Waals surface area contributed by atoms with Crippen molar-refractivity contribution in [1.82, 2.24) is 10.6 Å². The molecule has 1 atom stereocenters. The standard InChI is InChI=1S/C13H15ClF2N2O.ClH/c14-10-7-11(15)9(6-12(10)16)13(19)18-5-3-8-2-1-4-17-8;/h6-8,17H,1-5H2,(H,18,19);1H/t8-;/m1./s1. The van der Waals surface area contributed by atoms with Crippen LogP contribution in [0.15, 0.2) is 12.1 Å². The van der Waals surface area contributed by atoms with E-state index in [0.29, 0.717) is 12.6 Å². The van der Waals surface area contributed by atoms with Crippen LogP contribution in [0.25, 0.3) is 0 Å². The van der Waals surface area contributed by atoms with Crippen LogP contribution in [-0.4, -0.2) is 25.0 Å². The molecule has 3 nitrogen and oxygen atoms in total. The van der Waals surface area contributed by atoms with Gasteiger partial charge >= 0.3 is 0 Å². The minimum atomic E-state index is -0.817. The van der Waals surface area contributed by atoms with Crippen molar-refractivity contribution in [3.8, 4) is 0 Å². The van der Waals surface area contributed by atoms with Crippen molar-refractivity contribution >= 4 is 29.9 Å². The molecule has 1 fully saturated rings. The zero-order chi connectivity index (χ0) is 13.8. The first-order valence-corrected chi connectivity index (χ1v) is 6.62. The summed E-state index contributed by atoms with van der Waals surface area (Å²) in [5.41, 5.74) is -0.318. The highest BCUT2D eigenvalue weighted by molar-refractivity contribution is 6.30. The highest BCUT2D eigenvalue weighted by Gasteiger charge is 2.17. The van der Waals surface area contributed by atoms with Crippen LogP contribution in [0.5, 0.6) is 0 Å². The van der Waals surface area contributed by atoms with E-state index in [-0.39, 0.29) is 23.0 Å². The van der Waals surface area contributed by atoms with E-state index >= 15 is 0 Å². The minimum Gasteiger partial charge on any atom is -0.352 e. The monoisotopic (exact) mass is 324 g/mol. The first-order chi connectivity index (χ1) is 9.08. The maximum atomic E-state index is 13.5. The second-order valence-corrected chi connectivity index (χ2v) is 4.99. The van der Waals surface area contributed by atoms with E-state index in [4.69, 9.17) is 11.6 Å². The van der Waals surface area contributed by atoms with Gasteiger partial charge in [0, 0.05) is 12.6 Å². The summed E-state index contributed by atoms with van der Waals surface area (Å²) < 4.78 is 26.7. The van der Waals surface area contributed by atoms with E-state index < -0.39 is 17.5 Å². The second-order valence-electron chi connectivity index (χ2n) is 4.58. The van der Waals surface area contributed by atoms with Gasteiger partial charge in [0.1, 0.15) is 11.6 Å². The highest BCUT2D eigenvalue weighted by atomic mass is 35.5. The molecular formula is C13H16Cl2F2N2O. The molecule has 0 radical (unpaired) electrons. The van der Waals surface area contributed by atoms with Crippen LogP contribution in [-0.2, 0) is 0 Å². The van der Waals surface area contributed by atoms with Gasteiger partial charge in [-0.1, -0.05) is 11.6 Å². The first kappa shape index (κ1) is 17.1. The highest BCUT2D eigenvalue weighted by Crippen LogP contribution is 2.19. The molecule has 20 heavy (non-hydrogen) atoms. The van der Waals surface area contributed by atoms with E-state index in [2.05, 4.69) is 10.6 Å². The number of benzene rings is 1. The lowest BCUT2D eigenvalue weighted by Crippen LogP contribution is -2.31. The molecule has 0 saturated carbocycles. The maximum absolute atomic E-state index is 13.5. The number of carbonyl (C=O) groups is 1. The average Bonchev–Trinajstić information content (AvgIpc) is 2.86. The molecule has 1 amide bonds. The molecule has 1 heterocycles. The third-order valence-corrected chi connectivity index (χ3v) is 3.48. The van der Waals surface area contributed by atoms with E-state index in [1.165, 1.54) is 0 Å². The van der Waals surface area contributed by atoms with Crippen molar-refractivity contribution in [3.63, 3.8) is 0 Å². The third kappa shape index (κ3) is 4.30. The molecule has 1 aromatic carbocycles. The van der Waals surface area contributed by atoms with Crippen LogP contribution in [0.3, 0.4) is 0 Å². The number of amides is 1. The molecule has 0 bridgehead atoms. The normalized spacial score (nSPS) is 17.6. The molecule has 0 aliphatic carbocycles. The molecule has 0 aromatic heterocycles. The largest absolute Gasteiger partial charge is 0.352 e. The molecule has 0 spiro atoms. The lowest BCUT2D eigenvalue weighted by atomic mass is 10.1. The van der Waals surface area contributed by atoms with E-state index in [0.717, 1.165) is 37.9 Å². The van der Waals surface area contributed by atoms with Gasteiger partial charge in [-0.2, -0.15) is 0 Å². The summed E-state index contributed by atoms with van der Waals surface area (Å²) in [6.45, 7) is 1.43. The Labute approximate surface area is 127 Å². The Bertz CT molecular complexity index is 480. The summed E-state index contributed by atoms with van der Waals surface area (Å²) in [5, 5.41) is 5.55. The number of hydrogen-bond donors (Lipinski definition) is 2. The van der Waals surface area contributed by atoms with Crippen molar-refractivity contribution in [2.75, 3.05) is 13.1 Å². The van der Waals surface area contributed by atoms with Crippen molar-refractivity contribution in [2.24, 2.45) is 0 Å². The van der Waals surface area contributed by atoms with Crippen molar-refractivity contribution in [1.29, 1.82) is 0 Å². The summed E-state index contributed by atoms with van der Waals surface area (Å²) >= 11 is 5.43. The number of hydrogen-bond acceptors (Lipinski definition) is 2. The average molecular weight is 325 g/mol. The Morgan fingerprint density at radius 2 is 2.15 bits per heavy atom. The first-order valence-electron chi connectivity index (χ1n) is 6.24. The molecular weight excluding hydrogens is 309 g/mol. The quantitative estimate of drug-likeness (QED) is 0.836. The molecule has 2 rings (SSSR count). The van der Waals surface area contributed by atoms with Crippen molar-refractivity contribution in [2.45, 2.75) is 25.3 Å². The predicted molar refractivity (Wildman–Crippen MR) is 76.6 cm³/mol. The fourth-order valence-corrected chi connectivity index (χ4v) is 2.31. The van der Waals surface area contributed by atoms with Crippen LogP contribution in [0, 0.1) is 11.6 Å². The predicted octanol–water partition coefficient (Wildman–Crippen LogP) is 2.91. The summed E-state index contributed by atoms with van der Waals surface area (Å²) in [5.74, 6) is -2.24. The Morgan fingerprint density at radius 3 is 2.80 bits per heavy atom. The zero-order valence-electron chi connectivity index (χ0n) is 10.7. The van der Waals surface area contributed by atoms with Gasteiger partial charge in [0.25, 0.3) is 5.91 Å². The van der Waals surface area contributed by atoms with Crippen LogP contribution in [0.1, 0.15) is 29.6 Å². The van der Waals surface area contributed by atoms with Crippen LogP contribution >= 0.6 is 24.0 Å². The van der Waals surface area contributed by atoms with Gasteiger partial charge in [0.2, 0.25) is 0 Å². The fraction of sp³-hybridized carbons (Fsp3) is 0.462. The Morgan fingerprint density at radius 1 is 1.40 bits per heavy atom. The molecule has 1 aromatic rings. The van der Waals surface area contributed by atoms with E-state index in [1.54, 1.807) is 0 Å². The van der Waals surface area contributed by atoms with Crippen LogP contribution in [0.2, 0.25) is 5.02 Å². The molecule has 112 valence electrons. The van der Waals surface area contributed by atoms with Gasteiger partial charge < -0.3 is 10.6 Å². The van der Waals surface area contributed by atoms with Gasteiger partial charge in [-0.15, -0.1) is 12.4 Å².